The van der Waals surface area contributed by atoms with Crippen LogP contribution in [-0.4, -0.2) is 90.6 Å². The highest BCUT2D eigenvalue weighted by molar-refractivity contribution is 6.07. The van der Waals surface area contributed by atoms with Gasteiger partial charge in [0.05, 0.1) is 19.1 Å². The molecule has 3 aliphatic rings. The third-order valence-electron chi connectivity index (χ3n) is 7.10. The maximum atomic E-state index is 13.4. The fourth-order valence-electron chi connectivity index (χ4n) is 5.14. The molecular weight excluding hydrogens is 408 g/mol. The van der Waals surface area contributed by atoms with Crippen molar-refractivity contribution in [1.29, 1.82) is 0 Å². The summed E-state index contributed by atoms with van der Waals surface area (Å²) in [7, 11) is 1.58. The van der Waals surface area contributed by atoms with Crippen molar-refractivity contribution >= 4 is 17.8 Å². The lowest BCUT2D eigenvalue weighted by molar-refractivity contribution is -0.139. The molecule has 3 saturated heterocycles. The number of rotatable bonds is 7. The summed E-state index contributed by atoms with van der Waals surface area (Å²) in [5.41, 5.74) is 0.522. The molecule has 1 aromatic rings. The van der Waals surface area contributed by atoms with Gasteiger partial charge in [-0.25, -0.2) is 4.79 Å². The maximum Gasteiger partial charge on any atom is 0.325 e. The third kappa shape index (κ3) is 4.81. The van der Waals surface area contributed by atoms with Gasteiger partial charge in [0.15, 0.2) is 0 Å². The number of methoxy groups -OCH3 is 1. The van der Waals surface area contributed by atoms with Gasteiger partial charge in [-0.2, -0.15) is 0 Å². The molecule has 32 heavy (non-hydrogen) atoms. The highest BCUT2D eigenvalue weighted by atomic mass is 16.5. The Morgan fingerprint density at radius 3 is 2.62 bits per heavy atom. The number of urea groups is 1. The highest BCUT2D eigenvalue weighted by Crippen LogP contribution is 2.32. The van der Waals surface area contributed by atoms with E-state index in [4.69, 9.17) is 4.74 Å². The summed E-state index contributed by atoms with van der Waals surface area (Å²) in [6.07, 6.45) is 4.10. The Morgan fingerprint density at radius 2 is 1.91 bits per heavy atom. The van der Waals surface area contributed by atoms with Crippen molar-refractivity contribution < 1.29 is 19.1 Å². The molecule has 1 unspecified atom stereocenters. The van der Waals surface area contributed by atoms with Crippen LogP contribution >= 0.6 is 0 Å². The first kappa shape index (κ1) is 22.7. The normalized spacial score (nSPS) is 23.6. The summed E-state index contributed by atoms with van der Waals surface area (Å²) in [6.45, 7) is 4.00. The summed E-state index contributed by atoms with van der Waals surface area (Å²) in [5.74, 6) is -0.0913. The third-order valence-corrected chi connectivity index (χ3v) is 7.10. The largest absolute Gasteiger partial charge is 0.384 e. The van der Waals surface area contributed by atoms with Crippen LogP contribution < -0.4 is 5.32 Å². The minimum Gasteiger partial charge on any atom is -0.384 e. The molecule has 1 aromatic carbocycles. The monoisotopic (exact) mass is 442 g/mol. The summed E-state index contributed by atoms with van der Waals surface area (Å²) in [5, 5.41) is 3.03. The molecule has 0 bridgehead atoms. The number of ether oxygens (including phenoxy) is 1. The Bertz CT molecular complexity index is 823. The van der Waals surface area contributed by atoms with Gasteiger partial charge < -0.3 is 19.9 Å². The fourth-order valence-corrected chi connectivity index (χ4v) is 5.14. The number of nitrogens with zero attached hydrogens (tertiary/aromatic N) is 3. The summed E-state index contributed by atoms with van der Waals surface area (Å²) in [4.78, 5) is 44.2. The Morgan fingerprint density at radius 1 is 1.16 bits per heavy atom. The van der Waals surface area contributed by atoms with E-state index in [1.807, 2.05) is 6.07 Å². The molecule has 4 rings (SSSR count). The van der Waals surface area contributed by atoms with Crippen LogP contribution in [0.1, 0.15) is 37.7 Å². The molecule has 8 nitrogen and oxygen atoms in total. The van der Waals surface area contributed by atoms with Crippen molar-refractivity contribution in [3.05, 3.63) is 35.9 Å². The average Bonchev–Trinajstić information content (AvgIpc) is 3.06. The SMILES string of the molecule is COCCC(=O)N1CCCC(N2C(=O)NC3(CCN(CCc4ccccc4)CC3)C2=O)C1. The molecule has 3 fully saturated rings. The van der Waals surface area contributed by atoms with Crippen molar-refractivity contribution in [3.63, 3.8) is 0 Å². The molecule has 3 heterocycles. The molecule has 174 valence electrons. The predicted molar refractivity (Wildman–Crippen MR) is 120 cm³/mol. The van der Waals surface area contributed by atoms with Crippen LogP contribution in [0.25, 0.3) is 0 Å². The number of imide groups is 1. The van der Waals surface area contributed by atoms with Gasteiger partial charge >= 0.3 is 6.03 Å². The van der Waals surface area contributed by atoms with Crippen LogP contribution in [0.5, 0.6) is 0 Å². The quantitative estimate of drug-likeness (QED) is 0.650. The minimum atomic E-state index is -0.789. The van der Waals surface area contributed by atoms with Crippen LogP contribution in [0.2, 0.25) is 0 Å². The van der Waals surface area contributed by atoms with Gasteiger partial charge in [-0.05, 0) is 37.7 Å². The number of piperidine rings is 2. The molecule has 0 aromatic heterocycles. The van der Waals surface area contributed by atoms with E-state index in [0.29, 0.717) is 39.0 Å². The number of hydrogen-bond acceptors (Lipinski definition) is 5. The minimum absolute atomic E-state index is 0.0186. The molecule has 1 N–H and O–H groups in total. The van der Waals surface area contributed by atoms with Crippen LogP contribution in [0, 0.1) is 0 Å². The Labute approximate surface area is 189 Å². The van der Waals surface area contributed by atoms with Gasteiger partial charge in [-0.3, -0.25) is 14.5 Å². The van der Waals surface area contributed by atoms with Gasteiger partial charge in [-0.15, -0.1) is 0 Å². The molecule has 0 radical (unpaired) electrons. The number of carbonyl (C=O) groups is 3. The van der Waals surface area contributed by atoms with E-state index >= 15 is 0 Å². The van der Waals surface area contributed by atoms with Crippen molar-refractivity contribution in [2.24, 2.45) is 0 Å². The Kier molecular flexibility index (Phi) is 7.10. The second kappa shape index (κ2) is 10.0. The van der Waals surface area contributed by atoms with E-state index in [1.165, 1.54) is 10.5 Å². The first-order valence-electron chi connectivity index (χ1n) is 11.7. The first-order valence-corrected chi connectivity index (χ1v) is 11.7. The average molecular weight is 443 g/mol. The predicted octanol–water partition coefficient (Wildman–Crippen LogP) is 1.64. The summed E-state index contributed by atoms with van der Waals surface area (Å²) >= 11 is 0. The lowest BCUT2D eigenvalue weighted by Gasteiger charge is -2.39. The van der Waals surface area contributed by atoms with Crippen LogP contribution in [0.4, 0.5) is 4.79 Å². The lowest BCUT2D eigenvalue weighted by atomic mass is 9.87. The first-order chi connectivity index (χ1) is 15.5. The molecule has 4 amide bonds. The number of benzene rings is 1. The van der Waals surface area contributed by atoms with Gasteiger partial charge in [-0.1, -0.05) is 30.3 Å². The number of carbonyl (C=O) groups excluding carboxylic acids is 3. The molecule has 0 saturated carbocycles. The van der Waals surface area contributed by atoms with Crippen LogP contribution in [0.15, 0.2) is 30.3 Å². The smallest absolute Gasteiger partial charge is 0.325 e. The Balaban J connectivity index is 1.33. The van der Waals surface area contributed by atoms with E-state index in [9.17, 15) is 14.4 Å². The molecule has 0 aliphatic carbocycles. The number of nitrogens with one attached hydrogen (secondary N) is 1. The van der Waals surface area contributed by atoms with E-state index in [0.717, 1.165) is 38.9 Å². The number of hydrogen-bond donors (Lipinski definition) is 1. The van der Waals surface area contributed by atoms with E-state index < -0.39 is 5.54 Å². The molecule has 3 aliphatic heterocycles. The molecule has 1 spiro atoms. The molecule has 1 atom stereocenters. The van der Waals surface area contributed by atoms with E-state index in [-0.39, 0.29) is 23.9 Å². The summed E-state index contributed by atoms with van der Waals surface area (Å²) < 4.78 is 5.01. The van der Waals surface area contributed by atoms with Crippen molar-refractivity contribution in [1.82, 2.24) is 20.0 Å². The van der Waals surface area contributed by atoms with Crippen LogP contribution in [-0.2, 0) is 20.7 Å². The van der Waals surface area contributed by atoms with E-state index in [1.54, 1.807) is 12.0 Å². The maximum absolute atomic E-state index is 13.4. The van der Waals surface area contributed by atoms with Crippen LogP contribution in [0.3, 0.4) is 0 Å². The second-order valence-corrected chi connectivity index (χ2v) is 9.14. The van der Waals surface area contributed by atoms with E-state index in [2.05, 4.69) is 34.5 Å². The summed E-state index contributed by atoms with van der Waals surface area (Å²) in [6, 6.07) is 9.85. The standard InChI is InChI=1S/C24H34N4O4/c1-32-17-10-21(29)27-13-5-8-20(18-27)28-22(30)24(25-23(28)31)11-15-26(16-12-24)14-9-19-6-3-2-4-7-19/h2-4,6-7,20H,5,8-18H2,1H3,(H,25,31). The topological polar surface area (TPSA) is 82.2 Å². The van der Waals surface area contributed by atoms with Gasteiger partial charge in [0.2, 0.25) is 5.91 Å². The van der Waals surface area contributed by atoms with Gasteiger partial charge in [0.1, 0.15) is 5.54 Å². The van der Waals surface area contributed by atoms with Crippen molar-refractivity contribution in [2.45, 2.75) is 50.1 Å². The highest BCUT2D eigenvalue weighted by Gasteiger charge is 2.54. The second-order valence-electron chi connectivity index (χ2n) is 9.14. The zero-order chi connectivity index (χ0) is 22.6. The van der Waals surface area contributed by atoms with Gasteiger partial charge in [0, 0.05) is 39.8 Å². The Hall–Kier alpha value is -2.45. The lowest BCUT2D eigenvalue weighted by Crippen LogP contribution is -2.56. The molecular formula is C24H34N4O4. The zero-order valence-corrected chi connectivity index (χ0v) is 18.9. The fraction of sp³-hybridized carbons (Fsp3) is 0.625. The van der Waals surface area contributed by atoms with Crippen molar-refractivity contribution in [3.8, 4) is 0 Å². The number of likely N-dealkylation sites (tertiary alicyclic amines) is 2. The van der Waals surface area contributed by atoms with Gasteiger partial charge in [0.25, 0.3) is 5.91 Å². The zero-order valence-electron chi connectivity index (χ0n) is 18.9. The molecule has 8 heteroatoms. The van der Waals surface area contributed by atoms with Crippen molar-refractivity contribution in [2.75, 3.05) is 46.4 Å². The number of amides is 4.